The van der Waals surface area contributed by atoms with Crippen LogP contribution in [0.4, 0.5) is 4.79 Å². The van der Waals surface area contributed by atoms with Crippen LogP contribution in [0, 0.1) is 5.92 Å². The zero-order valence-corrected chi connectivity index (χ0v) is 13.7. The van der Waals surface area contributed by atoms with E-state index in [-0.39, 0.29) is 11.9 Å². The summed E-state index contributed by atoms with van der Waals surface area (Å²) in [6.45, 7) is 6.67. The lowest BCUT2D eigenvalue weighted by Crippen LogP contribution is -2.44. The fourth-order valence-corrected chi connectivity index (χ4v) is 2.68. The Morgan fingerprint density at radius 3 is 2.71 bits per heavy atom. The monoisotopic (exact) mass is 312 g/mol. The van der Waals surface area contributed by atoms with Crippen molar-refractivity contribution in [2.24, 2.45) is 5.92 Å². The predicted molar refractivity (Wildman–Crippen MR) is 84.4 cm³/mol. The minimum absolute atomic E-state index is 0.0307. The Kier molecular flexibility index (Phi) is 7.82. The van der Waals surface area contributed by atoms with Gasteiger partial charge in [-0.15, -0.1) is 11.3 Å². The highest BCUT2D eigenvalue weighted by atomic mass is 32.1. The molecule has 1 aromatic rings. The molecule has 1 atom stereocenters. The van der Waals surface area contributed by atoms with Gasteiger partial charge in [0.1, 0.15) is 0 Å². The van der Waals surface area contributed by atoms with Crippen LogP contribution in [-0.2, 0) is 16.0 Å². The molecule has 2 N–H and O–H groups in total. The Morgan fingerprint density at radius 1 is 1.38 bits per heavy atom. The molecule has 0 fully saturated rings. The molecule has 0 saturated heterocycles. The number of carbonyl (C=O) groups excluding carboxylic acids is 2. The summed E-state index contributed by atoms with van der Waals surface area (Å²) in [5.41, 5.74) is 0. The molecule has 0 unspecified atom stereocenters. The first-order valence-electron chi connectivity index (χ1n) is 7.23. The minimum Gasteiger partial charge on any atom is -0.450 e. The summed E-state index contributed by atoms with van der Waals surface area (Å²) >= 11 is 1.56. The van der Waals surface area contributed by atoms with E-state index in [1.54, 1.807) is 18.3 Å². The van der Waals surface area contributed by atoms with E-state index in [9.17, 15) is 9.59 Å². The molecule has 6 heteroatoms. The highest BCUT2D eigenvalue weighted by Crippen LogP contribution is 2.09. The van der Waals surface area contributed by atoms with Crippen LogP contribution >= 0.6 is 11.3 Å². The van der Waals surface area contributed by atoms with Crippen LogP contribution in [0.5, 0.6) is 0 Å². The van der Waals surface area contributed by atoms with Crippen LogP contribution in [0.3, 0.4) is 0 Å². The third-order valence-electron chi connectivity index (χ3n) is 2.81. The second kappa shape index (κ2) is 9.39. The first-order chi connectivity index (χ1) is 10.0. The number of nitrogens with one attached hydrogen (secondary N) is 2. The number of rotatable bonds is 8. The lowest BCUT2D eigenvalue weighted by atomic mass is 10.0. The average molecular weight is 312 g/mol. The van der Waals surface area contributed by atoms with Crippen molar-refractivity contribution in [3.8, 4) is 0 Å². The lowest BCUT2D eigenvalue weighted by Gasteiger charge is -2.20. The summed E-state index contributed by atoms with van der Waals surface area (Å²) in [5.74, 6) is 0.392. The van der Waals surface area contributed by atoms with Crippen molar-refractivity contribution in [3.05, 3.63) is 22.4 Å². The summed E-state index contributed by atoms with van der Waals surface area (Å²) < 4.78 is 4.88. The van der Waals surface area contributed by atoms with Gasteiger partial charge in [-0.05, 0) is 30.7 Å². The van der Waals surface area contributed by atoms with Gasteiger partial charge in [-0.25, -0.2) is 4.79 Å². The Hall–Kier alpha value is -1.56. The second-order valence-corrected chi connectivity index (χ2v) is 6.28. The molecule has 1 rings (SSSR count). The van der Waals surface area contributed by atoms with Crippen molar-refractivity contribution in [3.63, 3.8) is 0 Å². The molecule has 0 saturated carbocycles. The molecule has 0 aromatic carbocycles. The number of ether oxygens (including phenoxy) is 1. The molecule has 0 spiro atoms. The summed E-state index contributed by atoms with van der Waals surface area (Å²) in [5, 5.41) is 7.61. The van der Waals surface area contributed by atoms with Crippen molar-refractivity contribution in [2.75, 3.05) is 13.2 Å². The Balaban J connectivity index is 2.40. The smallest absolute Gasteiger partial charge is 0.407 e. The number of carbonyl (C=O) groups is 2. The number of amides is 2. The Morgan fingerprint density at radius 2 is 2.14 bits per heavy atom. The molecule has 2 amide bonds. The van der Waals surface area contributed by atoms with Crippen molar-refractivity contribution in [2.45, 2.75) is 39.7 Å². The van der Waals surface area contributed by atoms with Crippen LogP contribution in [0.25, 0.3) is 0 Å². The van der Waals surface area contributed by atoms with Gasteiger partial charge in [-0.2, -0.15) is 0 Å². The first kappa shape index (κ1) is 17.5. The van der Waals surface area contributed by atoms with Gasteiger partial charge < -0.3 is 15.4 Å². The summed E-state index contributed by atoms with van der Waals surface area (Å²) in [6.07, 6.45) is 0.736. The van der Waals surface area contributed by atoms with Crippen molar-refractivity contribution < 1.29 is 14.3 Å². The third kappa shape index (κ3) is 7.70. The first-order valence-corrected chi connectivity index (χ1v) is 8.11. The fourth-order valence-electron chi connectivity index (χ4n) is 1.97. The van der Waals surface area contributed by atoms with Crippen molar-refractivity contribution in [1.29, 1.82) is 0 Å². The molecule has 5 nitrogen and oxygen atoms in total. The van der Waals surface area contributed by atoms with Crippen molar-refractivity contribution >= 4 is 23.3 Å². The molecule has 0 radical (unpaired) electrons. The van der Waals surface area contributed by atoms with E-state index in [2.05, 4.69) is 24.5 Å². The molecule has 118 valence electrons. The molecular formula is C15H24N2O3S. The average Bonchev–Trinajstić information content (AvgIpc) is 2.88. The van der Waals surface area contributed by atoms with E-state index < -0.39 is 6.09 Å². The third-order valence-corrected chi connectivity index (χ3v) is 3.69. The molecule has 0 aliphatic rings. The highest BCUT2D eigenvalue weighted by molar-refractivity contribution is 7.10. The van der Waals surface area contributed by atoms with Crippen LogP contribution < -0.4 is 10.6 Å². The standard InChI is InChI=1S/C15H24N2O3S/c1-4-20-15(19)17-12(8-11(2)3)10-16-14(18)9-13-6-5-7-21-13/h5-7,11-12H,4,8-10H2,1-3H3,(H,16,18)(H,17,19)/t12-/m0/s1. The van der Waals surface area contributed by atoms with E-state index in [1.165, 1.54) is 0 Å². The van der Waals surface area contributed by atoms with Crippen molar-refractivity contribution in [1.82, 2.24) is 10.6 Å². The van der Waals surface area contributed by atoms with Gasteiger partial charge in [-0.3, -0.25) is 4.79 Å². The number of alkyl carbamates (subject to hydrolysis) is 1. The maximum absolute atomic E-state index is 11.9. The van der Waals surface area contributed by atoms with E-state index in [0.717, 1.165) is 11.3 Å². The van der Waals surface area contributed by atoms with E-state index in [4.69, 9.17) is 4.74 Å². The van der Waals surface area contributed by atoms with Gasteiger partial charge in [0.15, 0.2) is 0 Å². The largest absolute Gasteiger partial charge is 0.450 e. The number of hydrogen-bond donors (Lipinski definition) is 2. The van der Waals surface area contributed by atoms with Gasteiger partial charge in [-0.1, -0.05) is 19.9 Å². The van der Waals surface area contributed by atoms with Gasteiger partial charge >= 0.3 is 6.09 Å². The van der Waals surface area contributed by atoms with Crippen LogP contribution in [0.1, 0.15) is 32.1 Å². The minimum atomic E-state index is -0.435. The maximum Gasteiger partial charge on any atom is 0.407 e. The maximum atomic E-state index is 11.9. The van der Waals surface area contributed by atoms with Gasteiger partial charge in [0, 0.05) is 17.5 Å². The quantitative estimate of drug-likeness (QED) is 0.775. The van der Waals surface area contributed by atoms with E-state index in [0.29, 0.717) is 25.5 Å². The lowest BCUT2D eigenvalue weighted by molar-refractivity contribution is -0.120. The zero-order valence-electron chi connectivity index (χ0n) is 12.8. The molecule has 1 heterocycles. The summed E-state index contributed by atoms with van der Waals surface area (Å²) in [6, 6.07) is 3.75. The summed E-state index contributed by atoms with van der Waals surface area (Å²) in [4.78, 5) is 24.4. The summed E-state index contributed by atoms with van der Waals surface area (Å²) in [7, 11) is 0. The predicted octanol–water partition coefficient (Wildman–Crippen LogP) is 2.57. The number of thiophene rings is 1. The Labute approximate surface area is 130 Å². The van der Waals surface area contributed by atoms with Gasteiger partial charge in [0.25, 0.3) is 0 Å². The SMILES string of the molecule is CCOC(=O)N[C@H](CNC(=O)Cc1cccs1)CC(C)C. The zero-order chi connectivity index (χ0) is 15.7. The highest BCUT2D eigenvalue weighted by Gasteiger charge is 2.16. The normalized spacial score (nSPS) is 12.0. The fraction of sp³-hybridized carbons (Fsp3) is 0.600. The molecule has 0 bridgehead atoms. The van der Waals surface area contributed by atoms with Gasteiger partial charge in [0.05, 0.1) is 13.0 Å². The molecule has 1 aromatic heterocycles. The number of hydrogen-bond acceptors (Lipinski definition) is 4. The van der Waals surface area contributed by atoms with E-state index >= 15 is 0 Å². The van der Waals surface area contributed by atoms with Crippen LogP contribution in [-0.4, -0.2) is 31.2 Å². The Bertz CT molecular complexity index is 432. The molecule has 21 heavy (non-hydrogen) atoms. The van der Waals surface area contributed by atoms with Crippen LogP contribution in [0.15, 0.2) is 17.5 Å². The van der Waals surface area contributed by atoms with E-state index in [1.807, 2.05) is 17.5 Å². The molecular weight excluding hydrogens is 288 g/mol. The topological polar surface area (TPSA) is 67.4 Å². The molecule has 0 aliphatic heterocycles. The molecule has 0 aliphatic carbocycles. The second-order valence-electron chi connectivity index (χ2n) is 5.25. The van der Waals surface area contributed by atoms with Crippen LogP contribution in [0.2, 0.25) is 0 Å². The van der Waals surface area contributed by atoms with Gasteiger partial charge in [0.2, 0.25) is 5.91 Å².